The molecule has 0 spiro atoms. The van der Waals surface area contributed by atoms with Gasteiger partial charge in [0.05, 0.1) is 12.0 Å². The van der Waals surface area contributed by atoms with Crippen molar-refractivity contribution in [2.75, 3.05) is 7.11 Å². The molecule has 0 radical (unpaired) electrons. The highest BCUT2D eigenvalue weighted by atomic mass is 32.1. The quantitative estimate of drug-likeness (QED) is 0.725. The number of ketones is 1. The lowest BCUT2D eigenvalue weighted by molar-refractivity contribution is 0.104. The lowest BCUT2D eigenvalue weighted by Crippen LogP contribution is -2.09. The third-order valence-corrected chi connectivity index (χ3v) is 4.70. The third-order valence-electron chi connectivity index (χ3n) is 3.79. The molecule has 21 heavy (non-hydrogen) atoms. The summed E-state index contributed by atoms with van der Waals surface area (Å²) in [5.74, 6) is 0.879. The van der Waals surface area contributed by atoms with Gasteiger partial charge in [-0.3, -0.25) is 4.79 Å². The van der Waals surface area contributed by atoms with Crippen molar-refractivity contribution >= 4 is 17.1 Å². The van der Waals surface area contributed by atoms with Crippen LogP contribution < -0.4 is 4.74 Å². The Morgan fingerprint density at radius 3 is 2.10 bits per heavy atom. The molecule has 0 atom stereocenters. The van der Waals surface area contributed by atoms with Crippen molar-refractivity contribution in [2.24, 2.45) is 0 Å². The molecule has 1 aromatic heterocycles. The monoisotopic (exact) mass is 302 g/mol. The van der Waals surface area contributed by atoms with Crippen LogP contribution in [-0.2, 0) is 19.3 Å². The lowest BCUT2D eigenvalue weighted by Gasteiger charge is -2.14. The zero-order chi connectivity index (χ0) is 15.4. The van der Waals surface area contributed by atoms with Gasteiger partial charge < -0.3 is 4.74 Å². The summed E-state index contributed by atoms with van der Waals surface area (Å²) in [6, 6.07) is 6.19. The lowest BCUT2D eigenvalue weighted by atomic mass is 9.91. The van der Waals surface area contributed by atoms with E-state index < -0.39 is 0 Å². The largest absolute Gasteiger partial charge is 0.496 e. The summed E-state index contributed by atoms with van der Waals surface area (Å²) < 4.78 is 5.19. The number of benzene rings is 1. The van der Waals surface area contributed by atoms with Gasteiger partial charge in [-0.15, -0.1) is 11.3 Å². The van der Waals surface area contributed by atoms with E-state index in [2.05, 4.69) is 32.9 Å². The molecule has 0 unspecified atom stereocenters. The molecular formula is C18H22O2S. The van der Waals surface area contributed by atoms with Gasteiger partial charge in [0.1, 0.15) is 5.75 Å². The molecule has 0 bridgehead atoms. The Morgan fingerprint density at radius 1 is 1.05 bits per heavy atom. The van der Waals surface area contributed by atoms with Crippen LogP contribution in [0.5, 0.6) is 5.75 Å². The predicted molar refractivity (Wildman–Crippen MR) is 88.9 cm³/mol. The standard InChI is InChI=1S/C18H22O2S/c1-5-12-8-13(6-2)17(14(7-3)9-12)18(19)16-10-15(20-4)11-21-16/h8-11H,5-7H2,1-4H3. The number of methoxy groups -OCH3 is 1. The molecule has 0 aliphatic carbocycles. The summed E-state index contributed by atoms with van der Waals surface area (Å²) in [6.07, 6.45) is 2.76. The number of aryl methyl sites for hydroxylation is 3. The van der Waals surface area contributed by atoms with E-state index >= 15 is 0 Å². The Bertz CT molecular complexity index is 615. The van der Waals surface area contributed by atoms with Crippen LogP contribution in [0.2, 0.25) is 0 Å². The third kappa shape index (κ3) is 3.18. The average molecular weight is 302 g/mol. The number of carbonyl (C=O) groups is 1. The summed E-state index contributed by atoms with van der Waals surface area (Å²) in [7, 11) is 1.63. The number of rotatable bonds is 6. The second-order valence-corrected chi connectivity index (χ2v) is 5.94. The highest BCUT2D eigenvalue weighted by Gasteiger charge is 2.19. The maximum Gasteiger partial charge on any atom is 0.203 e. The first-order valence-electron chi connectivity index (χ1n) is 7.46. The smallest absolute Gasteiger partial charge is 0.203 e. The SMILES string of the molecule is CCc1cc(CC)c(C(=O)c2cc(OC)cs2)c(CC)c1. The molecule has 3 heteroatoms. The van der Waals surface area contributed by atoms with E-state index in [1.807, 2.05) is 11.4 Å². The van der Waals surface area contributed by atoms with Gasteiger partial charge >= 0.3 is 0 Å². The summed E-state index contributed by atoms with van der Waals surface area (Å²) in [5, 5.41) is 1.88. The highest BCUT2D eigenvalue weighted by molar-refractivity contribution is 7.12. The van der Waals surface area contributed by atoms with E-state index in [1.54, 1.807) is 7.11 Å². The molecule has 2 rings (SSSR count). The molecule has 1 heterocycles. The maximum atomic E-state index is 12.9. The number of hydrogen-bond acceptors (Lipinski definition) is 3. The number of thiophene rings is 1. The zero-order valence-electron chi connectivity index (χ0n) is 13.2. The Balaban J connectivity index is 2.53. The Kier molecular flexibility index (Phi) is 5.18. The molecule has 0 amide bonds. The summed E-state index contributed by atoms with van der Waals surface area (Å²) in [6.45, 7) is 6.37. The van der Waals surface area contributed by atoms with Crippen molar-refractivity contribution in [3.63, 3.8) is 0 Å². The topological polar surface area (TPSA) is 26.3 Å². The number of carbonyl (C=O) groups excluding carboxylic acids is 1. The van der Waals surface area contributed by atoms with Crippen LogP contribution in [0.15, 0.2) is 23.6 Å². The van der Waals surface area contributed by atoms with Gasteiger partial charge in [-0.25, -0.2) is 0 Å². The Hall–Kier alpha value is -1.61. The predicted octanol–water partition coefficient (Wildman–Crippen LogP) is 4.67. The van der Waals surface area contributed by atoms with Crippen LogP contribution in [0.4, 0.5) is 0 Å². The minimum Gasteiger partial charge on any atom is -0.496 e. The molecule has 0 N–H and O–H groups in total. The van der Waals surface area contributed by atoms with Crippen LogP contribution in [0.1, 0.15) is 52.7 Å². The highest BCUT2D eigenvalue weighted by Crippen LogP contribution is 2.28. The van der Waals surface area contributed by atoms with Crippen molar-refractivity contribution in [3.8, 4) is 5.75 Å². The van der Waals surface area contributed by atoms with E-state index in [0.717, 1.165) is 46.6 Å². The molecule has 2 aromatic rings. The molecule has 0 saturated heterocycles. The van der Waals surface area contributed by atoms with Crippen LogP contribution >= 0.6 is 11.3 Å². The van der Waals surface area contributed by atoms with Crippen LogP contribution in [0.25, 0.3) is 0 Å². The van der Waals surface area contributed by atoms with Gasteiger partial charge in [0.15, 0.2) is 0 Å². The first-order chi connectivity index (χ1) is 10.1. The molecule has 1 aromatic carbocycles. The molecular weight excluding hydrogens is 280 g/mol. The fourth-order valence-electron chi connectivity index (χ4n) is 2.56. The molecule has 0 fully saturated rings. The minimum absolute atomic E-state index is 0.125. The average Bonchev–Trinajstić information content (AvgIpc) is 3.01. The summed E-state index contributed by atoms with van der Waals surface area (Å²) >= 11 is 1.45. The van der Waals surface area contributed by atoms with Crippen molar-refractivity contribution in [1.82, 2.24) is 0 Å². The van der Waals surface area contributed by atoms with Gasteiger partial charge in [-0.2, -0.15) is 0 Å². The first-order valence-corrected chi connectivity index (χ1v) is 8.34. The van der Waals surface area contributed by atoms with Crippen LogP contribution in [-0.4, -0.2) is 12.9 Å². The zero-order valence-corrected chi connectivity index (χ0v) is 14.0. The number of ether oxygens (including phenoxy) is 1. The molecule has 0 saturated carbocycles. The van der Waals surface area contributed by atoms with Crippen LogP contribution in [0.3, 0.4) is 0 Å². The normalized spacial score (nSPS) is 10.7. The molecule has 0 aliphatic rings. The van der Waals surface area contributed by atoms with Crippen LogP contribution in [0, 0.1) is 0 Å². The Morgan fingerprint density at radius 2 is 1.67 bits per heavy atom. The van der Waals surface area contributed by atoms with E-state index in [1.165, 1.54) is 16.9 Å². The van der Waals surface area contributed by atoms with Gasteiger partial charge in [-0.05, 0) is 36.0 Å². The molecule has 112 valence electrons. The van der Waals surface area contributed by atoms with Crippen molar-refractivity contribution in [3.05, 3.63) is 50.7 Å². The van der Waals surface area contributed by atoms with Gasteiger partial charge in [-0.1, -0.05) is 32.9 Å². The number of hydrogen-bond donors (Lipinski definition) is 0. The fraction of sp³-hybridized carbons (Fsp3) is 0.389. The van der Waals surface area contributed by atoms with Gasteiger partial charge in [0.2, 0.25) is 5.78 Å². The summed E-state index contributed by atoms with van der Waals surface area (Å²) in [4.78, 5) is 13.6. The van der Waals surface area contributed by atoms with Gasteiger partial charge in [0, 0.05) is 17.0 Å². The molecule has 2 nitrogen and oxygen atoms in total. The second-order valence-electron chi connectivity index (χ2n) is 5.03. The maximum absolute atomic E-state index is 12.9. The van der Waals surface area contributed by atoms with Crippen molar-refractivity contribution in [1.29, 1.82) is 0 Å². The fourth-order valence-corrected chi connectivity index (χ4v) is 3.36. The van der Waals surface area contributed by atoms with E-state index in [9.17, 15) is 4.79 Å². The van der Waals surface area contributed by atoms with E-state index in [4.69, 9.17) is 4.74 Å². The molecule has 0 aliphatic heterocycles. The van der Waals surface area contributed by atoms with Gasteiger partial charge in [0.25, 0.3) is 0 Å². The second kappa shape index (κ2) is 6.90. The van der Waals surface area contributed by atoms with E-state index in [0.29, 0.717) is 0 Å². The van der Waals surface area contributed by atoms with Crippen molar-refractivity contribution < 1.29 is 9.53 Å². The Labute approximate surface area is 130 Å². The van der Waals surface area contributed by atoms with E-state index in [-0.39, 0.29) is 5.78 Å². The summed E-state index contributed by atoms with van der Waals surface area (Å²) in [5.41, 5.74) is 4.51. The minimum atomic E-state index is 0.125. The van der Waals surface area contributed by atoms with Crippen molar-refractivity contribution in [2.45, 2.75) is 40.0 Å². The first kappa shape index (κ1) is 15.8.